The van der Waals surface area contributed by atoms with E-state index in [0.717, 1.165) is 24.3 Å². The summed E-state index contributed by atoms with van der Waals surface area (Å²) < 4.78 is 138. The van der Waals surface area contributed by atoms with Crippen molar-refractivity contribution in [1.29, 1.82) is 0 Å². The molecule has 6 nitrogen and oxygen atoms in total. The first-order valence-electron chi connectivity index (χ1n) is 13.0. The Morgan fingerprint density at radius 1 is 0.370 bits per heavy atom. The van der Waals surface area contributed by atoms with Crippen molar-refractivity contribution < 1.29 is 63.1 Å². The summed E-state index contributed by atoms with van der Waals surface area (Å²) in [6.45, 7) is -1.66. The highest BCUT2D eigenvalue weighted by Gasteiger charge is 2.40. The molecular weight excluding hydrogens is 642 g/mol. The lowest BCUT2D eigenvalue weighted by Crippen LogP contribution is -2.44. The fourth-order valence-corrected chi connectivity index (χ4v) is 5.57. The molecule has 2 aliphatic heterocycles. The van der Waals surface area contributed by atoms with Gasteiger partial charge in [0.15, 0.2) is 46.5 Å². The Morgan fingerprint density at radius 3 is 0.826 bits per heavy atom. The Hall–Kier alpha value is -5.28. The van der Waals surface area contributed by atoms with Crippen LogP contribution < -0.4 is 0 Å². The molecule has 0 saturated heterocycles. The minimum Gasteiger partial charge on any atom is -0.274 e. The van der Waals surface area contributed by atoms with E-state index < -0.39 is 119 Å². The molecule has 236 valence electrons. The minimum atomic E-state index is -2.39. The summed E-state index contributed by atoms with van der Waals surface area (Å²) in [7, 11) is 0. The number of amides is 4. The third kappa shape index (κ3) is 4.19. The van der Waals surface area contributed by atoms with Crippen LogP contribution in [0.1, 0.15) is 52.6 Å². The van der Waals surface area contributed by atoms with Crippen molar-refractivity contribution in [2.24, 2.45) is 0 Å². The van der Waals surface area contributed by atoms with Crippen molar-refractivity contribution in [1.82, 2.24) is 9.80 Å². The number of benzene rings is 4. The van der Waals surface area contributed by atoms with Gasteiger partial charge in [-0.3, -0.25) is 29.0 Å². The summed E-state index contributed by atoms with van der Waals surface area (Å²) in [5.74, 6) is -26.6. The molecule has 4 aromatic rings. The van der Waals surface area contributed by atoms with Gasteiger partial charge in [-0.05, 0) is 37.1 Å². The zero-order chi connectivity index (χ0) is 33.5. The number of hydrogen-bond acceptors (Lipinski definition) is 4. The molecule has 0 spiro atoms. The lowest BCUT2D eigenvalue weighted by molar-refractivity contribution is 0.0590. The first-order chi connectivity index (χ1) is 21.7. The van der Waals surface area contributed by atoms with Gasteiger partial charge in [-0.25, -0.2) is 43.9 Å². The second-order valence-corrected chi connectivity index (χ2v) is 10.2. The normalized spacial score (nSPS) is 14.3. The molecule has 0 radical (unpaired) electrons. The SMILES string of the molecule is O=C1c2ccc3c4c(ccc(c24)C(=O)N1CCc1c(F)c(F)c(F)c(F)c1F)C(=O)N(CCc1c(F)c(F)c(F)c(F)c1F)C3=O. The lowest BCUT2D eigenvalue weighted by Gasteiger charge is -2.32. The summed E-state index contributed by atoms with van der Waals surface area (Å²) in [5.41, 5.74) is -3.58. The van der Waals surface area contributed by atoms with Crippen LogP contribution in [0, 0.1) is 58.2 Å². The molecule has 0 aromatic heterocycles. The highest BCUT2D eigenvalue weighted by Crippen LogP contribution is 2.38. The lowest BCUT2D eigenvalue weighted by atomic mass is 9.85. The first-order valence-corrected chi connectivity index (χ1v) is 13.0. The van der Waals surface area contributed by atoms with E-state index in [2.05, 4.69) is 0 Å². The molecule has 0 aliphatic carbocycles. The number of carbonyl (C=O) groups excluding carboxylic acids is 4. The Bertz CT molecular complexity index is 1840. The van der Waals surface area contributed by atoms with E-state index in [1.807, 2.05) is 0 Å². The van der Waals surface area contributed by atoms with E-state index in [9.17, 15) is 63.1 Å². The van der Waals surface area contributed by atoms with Crippen LogP contribution in [0.3, 0.4) is 0 Å². The summed E-state index contributed by atoms with van der Waals surface area (Å²) in [6, 6.07) is 4.28. The van der Waals surface area contributed by atoms with Crippen molar-refractivity contribution in [2.45, 2.75) is 12.8 Å². The van der Waals surface area contributed by atoms with E-state index in [1.165, 1.54) is 0 Å². The number of nitrogens with zero attached hydrogens (tertiary/aromatic N) is 2. The van der Waals surface area contributed by atoms with Crippen molar-refractivity contribution in [3.63, 3.8) is 0 Å². The van der Waals surface area contributed by atoms with Crippen molar-refractivity contribution in [3.05, 3.63) is 116 Å². The largest absolute Gasteiger partial charge is 0.274 e. The van der Waals surface area contributed by atoms with Crippen LogP contribution >= 0.6 is 0 Å². The van der Waals surface area contributed by atoms with Gasteiger partial charge in [-0.15, -0.1) is 0 Å². The maximum Gasteiger partial charge on any atom is 0.261 e. The molecule has 0 N–H and O–H groups in total. The molecule has 6 rings (SSSR count). The standard InChI is InChI=1S/C30H12F10N2O4/c31-17-13(18(32)22(36)25(39)21(17)35)5-7-41-27(43)9-1-2-10-16-12(4-3-11(15(9)16)29(41)45)30(46)42(28(10)44)8-6-14-19(33)23(37)26(40)24(38)20(14)34/h1-4H,5-8H2. The Labute approximate surface area is 249 Å². The highest BCUT2D eigenvalue weighted by molar-refractivity contribution is 6.33. The third-order valence-electron chi connectivity index (χ3n) is 7.84. The summed E-state index contributed by atoms with van der Waals surface area (Å²) in [6.07, 6.45) is -1.93. The average molecular weight is 654 g/mol. The number of rotatable bonds is 6. The Balaban J connectivity index is 1.33. The van der Waals surface area contributed by atoms with Crippen molar-refractivity contribution in [3.8, 4) is 0 Å². The number of imide groups is 2. The van der Waals surface area contributed by atoms with Gasteiger partial charge >= 0.3 is 0 Å². The first kappa shape index (κ1) is 30.7. The average Bonchev–Trinajstić information content (AvgIpc) is 3.04. The topological polar surface area (TPSA) is 74.8 Å². The quantitative estimate of drug-likeness (QED) is 0.112. The van der Waals surface area contributed by atoms with Gasteiger partial charge in [0.2, 0.25) is 11.6 Å². The maximum atomic E-state index is 14.2. The van der Waals surface area contributed by atoms with E-state index in [-0.39, 0.29) is 33.0 Å². The second-order valence-electron chi connectivity index (χ2n) is 10.2. The van der Waals surface area contributed by atoms with Gasteiger partial charge in [0.25, 0.3) is 23.6 Å². The molecular formula is C30H12F10N2O4. The third-order valence-corrected chi connectivity index (χ3v) is 7.84. The zero-order valence-electron chi connectivity index (χ0n) is 22.4. The molecule has 0 bridgehead atoms. The highest BCUT2D eigenvalue weighted by atomic mass is 19.2. The van der Waals surface area contributed by atoms with Gasteiger partial charge in [0, 0.05) is 57.2 Å². The molecule has 16 heteroatoms. The summed E-state index contributed by atoms with van der Waals surface area (Å²) >= 11 is 0. The van der Waals surface area contributed by atoms with Crippen LogP contribution in [0.5, 0.6) is 0 Å². The fraction of sp³-hybridized carbons (Fsp3) is 0.133. The Kier molecular flexibility index (Phi) is 7.13. The molecule has 0 saturated carbocycles. The smallest absolute Gasteiger partial charge is 0.261 e. The zero-order valence-corrected chi connectivity index (χ0v) is 22.4. The van der Waals surface area contributed by atoms with Gasteiger partial charge in [-0.2, -0.15) is 0 Å². The molecule has 0 unspecified atom stereocenters. The van der Waals surface area contributed by atoms with E-state index in [0.29, 0.717) is 9.80 Å². The monoisotopic (exact) mass is 654 g/mol. The van der Waals surface area contributed by atoms with Crippen LogP contribution in [0.2, 0.25) is 0 Å². The maximum absolute atomic E-state index is 14.2. The molecule has 4 aromatic carbocycles. The van der Waals surface area contributed by atoms with Gasteiger partial charge < -0.3 is 0 Å². The number of halogens is 10. The molecule has 0 fully saturated rings. The molecule has 4 amide bonds. The molecule has 46 heavy (non-hydrogen) atoms. The number of hydrogen-bond donors (Lipinski definition) is 0. The van der Waals surface area contributed by atoms with Crippen LogP contribution in [-0.4, -0.2) is 46.5 Å². The second kappa shape index (κ2) is 10.7. The van der Waals surface area contributed by atoms with Crippen molar-refractivity contribution in [2.75, 3.05) is 13.1 Å². The van der Waals surface area contributed by atoms with Crippen LogP contribution in [0.15, 0.2) is 24.3 Å². The van der Waals surface area contributed by atoms with E-state index in [4.69, 9.17) is 0 Å². The van der Waals surface area contributed by atoms with Gasteiger partial charge in [0.1, 0.15) is 0 Å². The van der Waals surface area contributed by atoms with Gasteiger partial charge in [0.05, 0.1) is 0 Å². The summed E-state index contributed by atoms with van der Waals surface area (Å²) in [5, 5.41) is -0.336. The van der Waals surface area contributed by atoms with Crippen LogP contribution in [0.4, 0.5) is 43.9 Å². The fourth-order valence-electron chi connectivity index (χ4n) is 5.57. The van der Waals surface area contributed by atoms with Crippen LogP contribution in [-0.2, 0) is 12.8 Å². The van der Waals surface area contributed by atoms with E-state index in [1.54, 1.807) is 0 Å². The van der Waals surface area contributed by atoms with Gasteiger partial charge in [-0.1, -0.05) is 0 Å². The molecule has 2 aliphatic rings. The number of carbonyl (C=O) groups is 4. The molecule has 2 heterocycles. The molecule has 0 atom stereocenters. The summed E-state index contributed by atoms with van der Waals surface area (Å²) in [4.78, 5) is 54.3. The van der Waals surface area contributed by atoms with E-state index >= 15 is 0 Å². The van der Waals surface area contributed by atoms with Crippen LogP contribution in [0.25, 0.3) is 10.8 Å². The van der Waals surface area contributed by atoms with Crippen molar-refractivity contribution >= 4 is 34.4 Å². The predicted molar refractivity (Wildman–Crippen MR) is 135 cm³/mol. The minimum absolute atomic E-state index is 0.168. The Morgan fingerprint density at radius 2 is 0.587 bits per heavy atom. The predicted octanol–water partition coefficient (Wildman–Crippen LogP) is 5.91.